The second-order valence-electron chi connectivity index (χ2n) is 17.1. The Bertz CT molecular complexity index is 1060. The van der Waals surface area contributed by atoms with E-state index in [0.717, 1.165) is 96.3 Å². The summed E-state index contributed by atoms with van der Waals surface area (Å²) in [5.41, 5.74) is 0. The highest BCUT2D eigenvalue weighted by molar-refractivity contribution is 5.71. The average molecular weight is 841 g/mol. The van der Waals surface area contributed by atoms with Crippen LogP contribution >= 0.6 is 0 Å². The van der Waals surface area contributed by atoms with Gasteiger partial charge in [-0.1, -0.05) is 185 Å². The van der Waals surface area contributed by atoms with E-state index in [2.05, 4.69) is 69.4 Å². The summed E-state index contributed by atoms with van der Waals surface area (Å²) in [7, 11) is 0. The molecule has 0 aliphatic heterocycles. The summed E-state index contributed by atoms with van der Waals surface area (Å²) in [6.07, 6.45) is 58.0. The third-order valence-electron chi connectivity index (χ3n) is 11.0. The molecule has 1 unspecified atom stereocenters. The van der Waals surface area contributed by atoms with Gasteiger partial charge in [-0.05, 0) is 103 Å². The van der Waals surface area contributed by atoms with Crippen LogP contribution in [0.4, 0.5) is 0 Å². The Morgan fingerprint density at radius 2 is 0.600 bits per heavy atom. The molecule has 0 saturated carbocycles. The fourth-order valence-electron chi connectivity index (χ4n) is 7.11. The van der Waals surface area contributed by atoms with Gasteiger partial charge in [0.1, 0.15) is 13.2 Å². The third kappa shape index (κ3) is 46.4. The van der Waals surface area contributed by atoms with Crippen molar-refractivity contribution in [2.45, 2.75) is 264 Å². The Labute approximate surface area is 371 Å². The van der Waals surface area contributed by atoms with Gasteiger partial charge in [0.2, 0.25) is 0 Å². The number of hydrogen-bond donors (Lipinski definition) is 0. The molecule has 1 atom stereocenters. The van der Waals surface area contributed by atoms with Crippen LogP contribution in [0.15, 0.2) is 48.6 Å². The molecule has 60 heavy (non-hydrogen) atoms. The quantitative estimate of drug-likeness (QED) is 0.0263. The van der Waals surface area contributed by atoms with E-state index in [9.17, 15) is 14.4 Å². The number of unbranched alkanes of at least 4 members (excludes halogenated alkanes) is 27. The summed E-state index contributed by atoms with van der Waals surface area (Å²) in [4.78, 5) is 37.9. The summed E-state index contributed by atoms with van der Waals surface area (Å²) in [6, 6.07) is 0. The Hall–Kier alpha value is -2.63. The number of esters is 3. The van der Waals surface area contributed by atoms with Gasteiger partial charge in [-0.3, -0.25) is 14.4 Å². The topological polar surface area (TPSA) is 78.9 Å². The van der Waals surface area contributed by atoms with Crippen molar-refractivity contribution in [3.05, 3.63) is 48.6 Å². The molecule has 0 aliphatic rings. The van der Waals surface area contributed by atoms with Crippen LogP contribution < -0.4 is 0 Å². The minimum absolute atomic E-state index is 0.0848. The Morgan fingerprint density at radius 3 is 0.967 bits per heavy atom. The van der Waals surface area contributed by atoms with Crippen molar-refractivity contribution >= 4 is 17.9 Å². The zero-order valence-corrected chi connectivity index (χ0v) is 39.7. The SMILES string of the molecule is CCCCC/C=C\C/C=C\CCCCCCCC(=O)OCC(COC(=O)CCCCCCC/C=C\CCCCC)OC(=O)CCCCCCC/C=C\CCCCCCCC. The molecule has 0 aromatic carbocycles. The first-order valence-electron chi connectivity index (χ1n) is 25.6. The van der Waals surface area contributed by atoms with E-state index in [1.54, 1.807) is 0 Å². The smallest absolute Gasteiger partial charge is 0.306 e. The molecule has 0 fully saturated rings. The predicted molar refractivity (Wildman–Crippen MR) is 256 cm³/mol. The number of carbonyl (C=O) groups excluding carboxylic acids is 3. The highest BCUT2D eigenvalue weighted by atomic mass is 16.6. The molecule has 0 aromatic heterocycles. The zero-order valence-electron chi connectivity index (χ0n) is 39.7. The lowest BCUT2D eigenvalue weighted by atomic mass is 10.1. The molecule has 0 radical (unpaired) electrons. The molecule has 0 N–H and O–H groups in total. The van der Waals surface area contributed by atoms with Crippen LogP contribution in [0.25, 0.3) is 0 Å². The second-order valence-corrected chi connectivity index (χ2v) is 17.1. The summed E-state index contributed by atoms with van der Waals surface area (Å²) in [5.74, 6) is -0.911. The largest absolute Gasteiger partial charge is 0.462 e. The minimum atomic E-state index is -0.784. The van der Waals surface area contributed by atoms with Crippen molar-refractivity contribution < 1.29 is 28.6 Å². The molecule has 0 rings (SSSR count). The second kappa shape index (κ2) is 49.0. The molecule has 0 spiro atoms. The lowest BCUT2D eigenvalue weighted by Gasteiger charge is -2.18. The van der Waals surface area contributed by atoms with Crippen LogP contribution in [-0.2, 0) is 28.6 Å². The van der Waals surface area contributed by atoms with E-state index in [-0.39, 0.29) is 31.1 Å². The summed E-state index contributed by atoms with van der Waals surface area (Å²) in [6.45, 7) is 6.56. The lowest BCUT2D eigenvalue weighted by molar-refractivity contribution is -0.167. The molecule has 6 heteroatoms. The van der Waals surface area contributed by atoms with Crippen molar-refractivity contribution in [1.29, 1.82) is 0 Å². The van der Waals surface area contributed by atoms with E-state index in [0.29, 0.717) is 19.3 Å². The first-order valence-corrected chi connectivity index (χ1v) is 25.6. The molecular formula is C54H96O6. The number of ether oxygens (including phenoxy) is 3. The molecule has 0 heterocycles. The van der Waals surface area contributed by atoms with Crippen LogP contribution in [0.5, 0.6) is 0 Å². The van der Waals surface area contributed by atoms with Gasteiger partial charge in [-0.15, -0.1) is 0 Å². The van der Waals surface area contributed by atoms with Crippen LogP contribution in [0, 0.1) is 0 Å². The van der Waals surface area contributed by atoms with E-state index >= 15 is 0 Å². The van der Waals surface area contributed by atoms with Gasteiger partial charge < -0.3 is 14.2 Å². The molecule has 0 bridgehead atoms. The predicted octanol–water partition coefficient (Wildman–Crippen LogP) is 16.7. The molecule has 0 amide bonds. The molecule has 348 valence electrons. The Balaban J connectivity index is 4.41. The van der Waals surface area contributed by atoms with Gasteiger partial charge in [-0.2, -0.15) is 0 Å². The molecular weight excluding hydrogens is 745 g/mol. The molecule has 0 aliphatic carbocycles. The maximum absolute atomic E-state index is 12.8. The van der Waals surface area contributed by atoms with Gasteiger partial charge >= 0.3 is 17.9 Å². The third-order valence-corrected chi connectivity index (χ3v) is 11.0. The Kier molecular flexibility index (Phi) is 46.9. The van der Waals surface area contributed by atoms with Gasteiger partial charge in [0.15, 0.2) is 6.10 Å². The summed E-state index contributed by atoms with van der Waals surface area (Å²) < 4.78 is 16.8. The highest BCUT2D eigenvalue weighted by Gasteiger charge is 2.19. The fraction of sp³-hybridized carbons (Fsp3) is 0.796. The van der Waals surface area contributed by atoms with Gasteiger partial charge in [0.05, 0.1) is 0 Å². The van der Waals surface area contributed by atoms with Crippen molar-refractivity contribution in [3.63, 3.8) is 0 Å². The van der Waals surface area contributed by atoms with Crippen molar-refractivity contribution in [2.75, 3.05) is 13.2 Å². The maximum Gasteiger partial charge on any atom is 0.306 e. The monoisotopic (exact) mass is 841 g/mol. The Morgan fingerprint density at radius 1 is 0.333 bits per heavy atom. The fourth-order valence-corrected chi connectivity index (χ4v) is 7.11. The van der Waals surface area contributed by atoms with Crippen LogP contribution in [-0.4, -0.2) is 37.2 Å². The molecule has 0 saturated heterocycles. The molecule has 0 aromatic rings. The van der Waals surface area contributed by atoms with Crippen molar-refractivity contribution in [3.8, 4) is 0 Å². The van der Waals surface area contributed by atoms with Crippen LogP contribution in [0.2, 0.25) is 0 Å². The first-order chi connectivity index (χ1) is 29.5. The maximum atomic E-state index is 12.8. The van der Waals surface area contributed by atoms with Gasteiger partial charge in [-0.25, -0.2) is 0 Å². The normalized spacial score (nSPS) is 12.4. The van der Waals surface area contributed by atoms with E-state index in [1.807, 2.05) is 0 Å². The van der Waals surface area contributed by atoms with Crippen molar-refractivity contribution in [2.24, 2.45) is 0 Å². The van der Waals surface area contributed by atoms with Crippen molar-refractivity contribution in [1.82, 2.24) is 0 Å². The average Bonchev–Trinajstić information content (AvgIpc) is 3.24. The van der Waals surface area contributed by atoms with Gasteiger partial charge in [0.25, 0.3) is 0 Å². The number of hydrogen-bond acceptors (Lipinski definition) is 6. The minimum Gasteiger partial charge on any atom is -0.462 e. The highest BCUT2D eigenvalue weighted by Crippen LogP contribution is 2.14. The summed E-state index contributed by atoms with van der Waals surface area (Å²) >= 11 is 0. The standard InChI is InChI=1S/C54H96O6/c1-4-7-10-13-16-19-22-25-27-29-32-35-38-41-44-47-53(56)59-50-51(49-58-52(55)46-43-40-37-34-31-24-21-18-15-12-9-6-3)60-54(57)48-45-42-39-36-33-30-28-26-23-20-17-14-11-8-5-2/h16,18-19,21,25-28,51H,4-15,17,20,22-24,29-50H2,1-3H3/b19-16-,21-18-,27-25-,28-26-. The zero-order chi connectivity index (χ0) is 43.7. The van der Waals surface area contributed by atoms with Crippen LogP contribution in [0.3, 0.4) is 0 Å². The van der Waals surface area contributed by atoms with Gasteiger partial charge in [0, 0.05) is 19.3 Å². The summed E-state index contributed by atoms with van der Waals surface area (Å²) in [5, 5.41) is 0. The van der Waals surface area contributed by atoms with E-state index in [1.165, 1.54) is 122 Å². The first kappa shape index (κ1) is 57.4. The van der Waals surface area contributed by atoms with Crippen LogP contribution in [0.1, 0.15) is 258 Å². The number of carbonyl (C=O) groups is 3. The molecule has 6 nitrogen and oxygen atoms in total. The van der Waals surface area contributed by atoms with E-state index in [4.69, 9.17) is 14.2 Å². The number of allylic oxidation sites excluding steroid dienone is 8. The lowest BCUT2D eigenvalue weighted by Crippen LogP contribution is -2.30. The number of rotatable bonds is 46. The van der Waals surface area contributed by atoms with E-state index < -0.39 is 6.10 Å².